The highest BCUT2D eigenvalue weighted by molar-refractivity contribution is 5.67. The lowest BCUT2D eigenvalue weighted by Crippen LogP contribution is -2.19. The Morgan fingerprint density at radius 3 is 2.57 bits per heavy atom. The summed E-state index contributed by atoms with van der Waals surface area (Å²) in [5.41, 5.74) is 2.42. The molecular weight excluding hydrogens is 176 g/mol. The maximum Gasteiger partial charge on any atom is 0.303 e. The number of hydrogen-bond acceptors (Lipinski definition) is 1. The van der Waals surface area contributed by atoms with Crippen molar-refractivity contribution in [2.45, 2.75) is 33.6 Å². The highest BCUT2D eigenvalue weighted by Gasteiger charge is 2.35. The molecule has 1 rings (SSSR count). The fourth-order valence-electron chi connectivity index (χ4n) is 1.91. The van der Waals surface area contributed by atoms with Crippen molar-refractivity contribution in [3.8, 4) is 0 Å². The van der Waals surface area contributed by atoms with E-state index < -0.39 is 5.97 Å². The van der Waals surface area contributed by atoms with E-state index in [9.17, 15) is 4.79 Å². The third-order valence-corrected chi connectivity index (χ3v) is 3.43. The van der Waals surface area contributed by atoms with Crippen LogP contribution in [0.3, 0.4) is 0 Å². The highest BCUT2D eigenvalue weighted by atomic mass is 16.4. The maximum atomic E-state index is 10.5. The van der Waals surface area contributed by atoms with Crippen LogP contribution in [0.15, 0.2) is 23.8 Å². The molecule has 14 heavy (non-hydrogen) atoms. The zero-order valence-corrected chi connectivity index (χ0v) is 9.13. The summed E-state index contributed by atoms with van der Waals surface area (Å²) in [5, 5.41) is 8.63. The third-order valence-electron chi connectivity index (χ3n) is 3.43. The Bertz CT molecular complexity index is 297. The van der Waals surface area contributed by atoms with Crippen LogP contribution in [0.5, 0.6) is 0 Å². The molecule has 0 saturated heterocycles. The fraction of sp³-hybridized carbons (Fsp3) is 0.583. The van der Waals surface area contributed by atoms with Gasteiger partial charge in [0.2, 0.25) is 0 Å². The van der Waals surface area contributed by atoms with Crippen molar-refractivity contribution in [3.63, 3.8) is 0 Å². The predicted octanol–water partition coefficient (Wildman–Crippen LogP) is 3.01. The second kappa shape index (κ2) is 3.60. The van der Waals surface area contributed by atoms with Crippen molar-refractivity contribution in [3.05, 3.63) is 23.8 Å². The van der Waals surface area contributed by atoms with Gasteiger partial charge in [0.05, 0.1) is 0 Å². The minimum atomic E-state index is -0.730. The van der Waals surface area contributed by atoms with Gasteiger partial charge in [-0.15, -0.1) is 0 Å². The topological polar surface area (TPSA) is 37.3 Å². The number of hydrogen-bond donors (Lipinski definition) is 1. The van der Waals surface area contributed by atoms with E-state index in [0.717, 1.165) is 5.57 Å². The monoisotopic (exact) mass is 194 g/mol. The van der Waals surface area contributed by atoms with E-state index in [1.807, 2.05) is 0 Å². The normalized spacial score (nSPS) is 24.9. The molecule has 1 aliphatic carbocycles. The molecule has 2 heteroatoms. The number of aliphatic carboxylic acids is 1. The Morgan fingerprint density at radius 1 is 1.64 bits per heavy atom. The molecule has 2 nitrogen and oxygen atoms in total. The standard InChI is InChI=1S/C12H18O2/c1-8-7-10(5-6-11(13)14)12(3,4)9(8)2/h7,9H,1,5-6H2,2-4H3,(H,13,14). The van der Waals surface area contributed by atoms with Crippen molar-refractivity contribution < 1.29 is 9.90 Å². The highest BCUT2D eigenvalue weighted by Crippen LogP contribution is 2.46. The van der Waals surface area contributed by atoms with Crippen molar-refractivity contribution in [1.82, 2.24) is 0 Å². The lowest BCUT2D eigenvalue weighted by atomic mass is 9.76. The quantitative estimate of drug-likeness (QED) is 0.749. The molecule has 1 unspecified atom stereocenters. The second-order valence-corrected chi connectivity index (χ2v) is 4.58. The van der Waals surface area contributed by atoms with Crippen LogP contribution in [-0.4, -0.2) is 11.1 Å². The van der Waals surface area contributed by atoms with Crippen LogP contribution in [0.2, 0.25) is 0 Å². The molecule has 0 aromatic heterocycles. The first kappa shape index (κ1) is 11.0. The summed E-state index contributed by atoms with van der Waals surface area (Å²) in [4.78, 5) is 10.5. The van der Waals surface area contributed by atoms with E-state index in [1.165, 1.54) is 5.57 Å². The average Bonchev–Trinajstić information content (AvgIpc) is 2.26. The maximum absolute atomic E-state index is 10.5. The smallest absolute Gasteiger partial charge is 0.303 e. The molecule has 0 aromatic carbocycles. The molecule has 0 saturated carbocycles. The molecular formula is C12H18O2. The minimum absolute atomic E-state index is 0.0759. The van der Waals surface area contributed by atoms with Crippen LogP contribution in [0, 0.1) is 11.3 Å². The molecule has 78 valence electrons. The number of rotatable bonds is 3. The van der Waals surface area contributed by atoms with E-state index in [0.29, 0.717) is 12.3 Å². The predicted molar refractivity (Wildman–Crippen MR) is 57.0 cm³/mol. The number of allylic oxidation sites excluding steroid dienone is 3. The Morgan fingerprint density at radius 2 is 2.21 bits per heavy atom. The molecule has 1 aliphatic rings. The summed E-state index contributed by atoms with van der Waals surface area (Å²) < 4.78 is 0. The van der Waals surface area contributed by atoms with Crippen molar-refractivity contribution in [1.29, 1.82) is 0 Å². The van der Waals surface area contributed by atoms with E-state index in [-0.39, 0.29) is 11.8 Å². The molecule has 0 bridgehead atoms. The Labute approximate surface area is 85.3 Å². The molecule has 0 aliphatic heterocycles. The van der Waals surface area contributed by atoms with Gasteiger partial charge in [-0.25, -0.2) is 0 Å². The van der Waals surface area contributed by atoms with Gasteiger partial charge in [0.1, 0.15) is 0 Å². The largest absolute Gasteiger partial charge is 0.481 e. The zero-order chi connectivity index (χ0) is 10.9. The number of carboxylic acids is 1. The van der Waals surface area contributed by atoms with Gasteiger partial charge < -0.3 is 5.11 Å². The summed E-state index contributed by atoms with van der Waals surface area (Å²) >= 11 is 0. The van der Waals surface area contributed by atoms with E-state index in [4.69, 9.17) is 5.11 Å². The molecule has 1 atom stereocenters. The van der Waals surface area contributed by atoms with Gasteiger partial charge in [-0.2, -0.15) is 0 Å². The summed E-state index contributed by atoms with van der Waals surface area (Å²) in [6.07, 6.45) is 2.93. The van der Waals surface area contributed by atoms with Crippen molar-refractivity contribution in [2.24, 2.45) is 11.3 Å². The van der Waals surface area contributed by atoms with Gasteiger partial charge in [0.25, 0.3) is 0 Å². The molecule has 1 N–H and O–H groups in total. The van der Waals surface area contributed by atoms with Gasteiger partial charge in [0.15, 0.2) is 0 Å². The first-order valence-corrected chi connectivity index (χ1v) is 4.97. The number of carbonyl (C=O) groups is 1. The fourth-order valence-corrected chi connectivity index (χ4v) is 1.91. The third kappa shape index (κ3) is 1.89. The molecule has 0 radical (unpaired) electrons. The molecule has 0 fully saturated rings. The Balaban J connectivity index is 2.74. The Hall–Kier alpha value is -1.05. The summed E-state index contributed by atoms with van der Waals surface area (Å²) in [5.74, 6) is -0.307. The number of carboxylic acid groups (broad SMARTS) is 1. The van der Waals surface area contributed by atoms with Crippen molar-refractivity contribution in [2.75, 3.05) is 0 Å². The molecule has 0 aromatic rings. The zero-order valence-electron chi connectivity index (χ0n) is 9.13. The van der Waals surface area contributed by atoms with Crippen LogP contribution in [0.1, 0.15) is 33.6 Å². The Kier molecular flexibility index (Phi) is 2.84. The lowest BCUT2D eigenvalue weighted by molar-refractivity contribution is -0.137. The first-order chi connectivity index (χ1) is 6.35. The lowest BCUT2D eigenvalue weighted by Gasteiger charge is -2.28. The summed E-state index contributed by atoms with van der Waals surface area (Å²) in [6, 6.07) is 0. The second-order valence-electron chi connectivity index (χ2n) is 4.58. The molecule has 0 amide bonds. The van der Waals surface area contributed by atoms with Crippen molar-refractivity contribution >= 4 is 5.97 Å². The van der Waals surface area contributed by atoms with Gasteiger partial charge >= 0.3 is 5.97 Å². The van der Waals surface area contributed by atoms with Crippen LogP contribution < -0.4 is 0 Å². The van der Waals surface area contributed by atoms with Crippen LogP contribution in [0.25, 0.3) is 0 Å². The van der Waals surface area contributed by atoms with Gasteiger partial charge in [-0.05, 0) is 17.8 Å². The van der Waals surface area contributed by atoms with Gasteiger partial charge in [0, 0.05) is 6.42 Å². The van der Waals surface area contributed by atoms with Gasteiger partial charge in [-0.1, -0.05) is 44.6 Å². The van der Waals surface area contributed by atoms with Crippen LogP contribution >= 0.6 is 0 Å². The van der Waals surface area contributed by atoms with E-state index in [1.54, 1.807) is 0 Å². The molecule has 0 heterocycles. The van der Waals surface area contributed by atoms with Crippen LogP contribution in [-0.2, 0) is 4.79 Å². The summed E-state index contributed by atoms with van der Waals surface area (Å²) in [7, 11) is 0. The van der Waals surface area contributed by atoms with Crippen LogP contribution in [0.4, 0.5) is 0 Å². The summed E-state index contributed by atoms with van der Waals surface area (Å²) in [6.45, 7) is 10.4. The minimum Gasteiger partial charge on any atom is -0.481 e. The first-order valence-electron chi connectivity index (χ1n) is 4.97. The van der Waals surface area contributed by atoms with E-state index >= 15 is 0 Å². The van der Waals surface area contributed by atoms with E-state index in [2.05, 4.69) is 33.4 Å². The SMILES string of the molecule is C=C1C=C(CCC(=O)O)C(C)(C)C1C. The molecule has 0 spiro atoms. The van der Waals surface area contributed by atoms with Gasteiger partial charge in [-0.3, -0.25) is 4.79 Å². The average molecular weight is 194 g/mol.